The molecule has 0 atom stereocenters. The van der Waals surface area contributed by atoms with E-state index in [-0.39, 0.29) is 11.4 Å². The maximum Gasteiger partial charge on any atom is 0.315 e. The maximum absolute atomic E-state index is 11.1. The summed E-state index contributed by atoms with van der Waals surface area (Å²) in [5.74, 6) is 0.833. The Bertz CT molecular complexity index is 661. The molecule has 2 aromatic rings. The van der Waals surface area contributed by atoms with Crippen molar-refractivity contribution >= 4 is 21.6 Å². The molecule has 0 unspecified atom stereocenters. The predicted octanol–water partition coefficient (Wildman–Crippen LogP) is 3.86. The van der Waals surface area contributed by atoms with Crippen LogP contribution in [0.4, 0.5) is 5.69 Å². The Hall–Kier alpha value is -2.15. The summed E-state index contributed by atoms with van der Waals surface area (Å²) >= 11 is 3.30. The molecule has 20 heavy (non-hydrogen) atoms. The van der Waals surface area contributed by atoms with Gasteiger partial charge in [-0.3, -0.25) is 10.1 Å². The Morgan fingerprint density at radius 1 is 1.35 bits per heavy atom. The highest BCUT2D eigenvalue weighted by atomic mass is 79.9. The summed E-state index contributed by atoms with van der Waals surface area (Å²) in [7, 11) is 1.44. The van der Waals surface area contributed by atoms with Gasteiger partial charge < -0.3 is 9.47 Å². The molecular formula is C13H11BrN2O4. The van der Waals surface area contributed by atoms with Gasteiger partial charge in [0, 0.05) is 16.2 Å². The summed E-state index contributed by atoms with van der Waals surface area (Å²) in [4.78, 5) is 14.6. The standard InChI is InChI=1S/C13H11BrN2O4/c1-8-5-9(14)7-15-13(8)20-12-4-3-10(19-2)6-11(12)16(17)18/h3-7H,1-2H3. The van der Waals surface area contributed by atoms with Gasteiger partial charge in [0.15, 0.2) is 0 Å². The average Bonchev–Trinajstić information content (AvgIpc) is 2.42. The number of nitro groups is 1. The molecule has 1 aromatic carbocycles. The van der Waals surface area contributed by atoms with Gasteiger partial charge in [0.1, 0.15) is 5.75 Å². The second kappa shape index (κ2) is 5.87. The van der Waals surface area contributed by atoms with Gasteiger partial charge in [-0.25, -0.2) is 4.98 Å². The molecule has 2 rings (SSSR count). The van der Waals surface area contributed by atoms with Crippen molar-refractivity contribution in [3.63, 3.8) is 0 Å². The molecule has 0 fully saturated rings. The quantitative estimate of drug-likeness (QED) is 0.625. The van der Waals surface area contributed by atoms with E-state index in [1.54, 1.807) is 12.3 Å². The molecule has 0 bridgehead atoms. The number of pyridine rings is 1. The smallest absolute Gasteiger partial charge is 0.315 e. The number of rotatable bonds is 4. The van der Waals surface area contributed by atoms with E-state index >= 15 is 0 Å². The lowest BCUT2D eigenvalue weighted by atomic mass is 10.2. The van der Waals surface area contributed by atoms with E-state index in [4.69, 9.17) is 9.47 Å². The van der Waals surface area contributed by atoms with Crippen LogP contribution in [0.5, 0.6) is 17.4 Å². The van der Waals surface area contributed by atoms with Gasteiger partial charge in [-0.05, 0) is 41.1 Å². The fourth-order valence-corrected chi connectivity index (χ4v) is 2.04. The van der Waals surface area contributed by atoms with Crippen LogP contribution in [0, 0.1) is 17.0 Å². The highest BCUT2D eigenvalue weighted by Gasteiger charge is 2.18. The summed E-state index contributed by atoms with van der Waals surface area (Å²) in [6, 6.07) is 6.21. The number of methoxy groups -OCH3 is 1. The zero-order valence-corrected chi connectivity index (χ0v) is 12.4. The van der Waals surface area contributed by atoms with Crippen molar-refractivity contribution in [1.82, 2.24) is 4.98 Å². The molecule has 7 heteroatoms. The van der Waals surface area contributed by atoms with Crippen LogP contribution >= 0.6 is 15.9 Å². The third-order valence-electron chi connectivity index (χ3n) is 2.57. The van der Waals surface area contributed by atoms with Crippen LogP contribution in [-0.4, -0.2) is 17.0 Å². The zero-order chi connectivity index (χ0) is 14.7. The number of aromatic nitrogens is 1. The highest BCUT2D eigenvalue weighted by molar-refractivity contribution is 9.10. The number of hydrogen-bond donors (Lipinski definition) is 0. The first-order valence-corrected chi connectivity index (χ1v) is 6.43. The van der Waals surface area contributed by atoms with E-state index in [1.165, 1.54) is 19.2 Å². The SMILES string of the molecule is COc1ccc(Oc2ncc(Br)cc2C)c([N+](=O)[O-])c1. The average molecular weight is 339 g/mol. The van der Waals surface area contributed by atoms with Gasteiger partial charge in [-0.2, -0.15) is 0 Å². The first kappa shape index (κ1) is 14.3. The first-order valence-electron chi connectivity index (χ1n) is 5.63. The number of aryl methyl sites for hydroxylation is 1. The van der Waals surface area contributed by atoms with Crippen LogP contribution < -0.4 is 9.47 Å². The maximum atomic E-state index is 11.1. The van der Waals surface area contributed by atoms with Gasteiger partial charge in [0.2, 0.25) is 11.6 Å². The van der Waals surface area contributed by atoms with E-state index in [0.717, 1.165) is 10.0 Å². The molecule has 0 aliphatic rings. The molecular weight excluding hydrogens is 328 g/mol. The topological polar surface area (TPSA) is 74.5 Å². The minimum atomic E-state index is -0.522. The number of hydrogen-bond acceptors (Lipinski definition) is 5. The molecule has 0 aliphatic carbocycles. The van der Waals surface area contributed by atoms with Gasteiger partial charge in [-0.1, -0.05) is 0 Å². The second-order valence-corrected chi connectivity index (χ2v) is 4.88. The summed E-state index contributed by atoms with van der Waals surface area (Å²) in [5.41, 5.74) is 0.595. The number of nitro benzene ring substituents is 1. The molecule has 0 radical (unpaired) electrons. The lowest BCUT2D eigenvalue weighted by Gasteiger charge is -2.09. The van der Waals surface area contributed by atoms with E-state index in [0.29, 0.717) is 11.6 Å². The van der Waals surface area contributed by atoms with E-state index < -0.39 is 4.92 Å². The minimum Gasteiger partial charge on any atom is -0.496 e. The predicted molar refractivity (Wildman–Crippen MR) is 76.4 cm³/mol. The van der Waals surface area contributed by atoms with Crippen LogP contribution in [0.25, 0.3) is 0 Å². The largest absolute Gasteiger partial charge is 0.496 e. The third kappa shape index (κ3) is 3.05. The second-order valence-electron chi connectivity index (χ2n) is 3.97. The van der Waals surface area contributed by atoms with Gasteiger partial charge in [0.25, 0.3) is 0 Å². The molecule has 6 nitrogen and oxygen atoms in total. The lowest BCUT2D eigenvalue weighted by Crippen LogP contribution is -1.97. The van der Waals surface area contributed by atoms with Gasteiger partial charge >= 0.3 is 5.69 Å². The zero-order valence-electron chi connectivity index (χ0n) is 10.8. The molecule has 0 aliphatic heterocycles. The molecule has 1 aromatic heterocycles. The van der Waals surface area contributed by atoms with Crippen molar-refractivity contribution in [2.24, 2.45) is 0 Å². The first-order chi connectivity index (χ1) is 9.51. The Morgan fingerprint density at radius 2 is 2.10 bits per heavy atom. The Morgan fingerprint density at radius 3 is 2.70 bits per heavy atom. The number of nitrogens with zero attached hydrogens (tertiary/aromatic N) is 2. The highest BCUT2D eigenvalue weighted by Crippen LogP contribution is 2.34. The van der Waals surface area contributed by atoms with Crippen LogP contribution in [0.2, 0.25) is 0 Å². The molecule has 0 N–H and O–H groups in total. The van der Waals surface area contributed by atoms with Crippen molar-refractivity contribution in [1.29, 1.82) is 0 Å². The fourth-order valence-electron chi connectivity index (χ4n) is 1.59. The van der Waals surface area contributed by atoms with Crippen molar-refractivity contribution < 1.29 is 14.4 Å². The van der Waals surface area contributed by atoms with E-state index in [1.807, 2.05) is 13.0 Å². The van der Waals surface area contributed by atoms with Gasteiger partial charge in [0.05, 0.1) is 18.1 Å². The van der Waals surface area contributed by atoms with E-state index in [2.05, 4.69) is 20.9 Å². The summed E-state index contributed by atoms with van der Waals surface area (Å²) in [6.07, 6.45) is 1.57. The fraction of sp³-hybridized carbons (Fsp3) is 0.154. The van der Waals surface area contributed by atoms with Crippen molar-refractivity contribution in [3.8, 4) is 17.4 Å². The number of ether oxygens (including phenoxy) is 2. The molecule has 0 saturated carbocycles. The lowest BCUT2D eigenvalue weighted by molar-refractivity contribution is -0.385. The normalized spacial score (nSPS) is 10.2. The third-order valence-corrected chi connectivity index (χ3v) is 3.00. The van der Waals surface area contributed by atoms with Crippen molar-refractivity contribution in [3.05, 3.63) is 50.6 Å². The minimum absolute atomic E-state index is 0.119. The molecule has 104 valence electrons. The summed E-state index contributed by atoms with van der Waals surface area (Å²) in [5, 5.41) is 11.1. The van der Waals surface area contributed by atoms with Crippen molar-refractivity contribution in [2.45, 2.75) is 6.92 Å². The molecule has 1 heterocycles. The molecule has 0 amide bonds. The Labute approximate surface area is 123 Å². The molecule has 0 spiro atoms. The number of halogens is 1. The monoisotopic (exact) mass is 338 g/mol. The van der Waals surface area contributed by atoms with Crippen molar-refractivity contribution in [2.75, 3.05) is 7.11 Å². The summed E-state index contributed by atoms with van der Waals surface area (Å²) in [6.45, 7) is 1.81. The molecule has 0 saturated heterocycles. The number of benzene rings is 1. The van der Waals surface area contributed by atoms with Crippen LogP contribution in [0.15, 0.2) is 34.9 Å². The Balaban J connectivity index is 2.40. The van der Waals surface area contributed by atoms with Gasteiger partial charge in [-0.15, -0.1) is 0 Å². The summed E-state index contributed by atoms with van der Waals surface area (Å²) < 4.78 is 11.3. The van der Waals surface area contributed by atoms with Crippen LogP contribution in [-0.2, 0) is 0 Å². The van der Waals surface area contributed by atoms with E-state index in [9.17, 15) is 10.1 Å². The van der Waals surface area contributed by atoms with Crippen LogP contribution in [0.3, 0.4) is 0 Å². The Kier molecular flexibility index (Phi) is 4.19. The van der Waals surface area contributed by atoms with Crippen LogP contribution in [0.1, 0.15) is 5.56 Å².